The van der Waals surface area contributed by atoms with E-state index in [1.807, 2.05) is 0 Å². The van der Waals surface area contributed by atoms with Crippen LogP contribution in [0.25, 0.3) is 0 Å². The first-order valence-corrected chi connectivity index (χ1v) is 6.52. The second kappa shape index (κ2) is 6.66. The van der Waals surface area contributed by atoms with Crippen LogP contribution >= 0.6 is 0 Å². The highest BCUT2D eigenvalue weighted by molar-refractivity contribution is 5.61. The number of methoxy groups -OCH3 is 1. The molecule has 2 unspecified atom stereocenters. The average molecular weight is 302 g/mol. The molecule has 1 aliphatic carbocycles. The van der Waals surface area contributed by atoms with E-state index in [4.69, 9.17) is 4.74 Å². The van der Waals surface area contributed by atoms with Crippen LogP contribution in [0.15, 0.2) is 18.2 Å². The molecule has 0 spiro atoms. The van der Waals surface area contributed by atoms with E-state index in [0.29, 0.717) is 5.69 Å². The molecule has 2 rings (SSSR count). The second-order valence-electron chi connectivity index (χ2n) is 4.83. The summed E-state index contributed by atoms with van der Waals surface area (Å²) >= 11 is 0. The van der Waals surface area contributed by atoms with E-state index in [2.05, 4.69) is 10.1 Å². The molecule has 0 aromatic heterocycles. The second-order valence-corrected chi connectivity index (χ2v) is 4.83. The van der Waals surface area contributed by atoms with E-state index in [9.17, 15) is 18.9 Å². The number of hydrogen-bond donors (Lipinski definition) is 1. The number of nitro groups is 1. The van der Waals surface area contributed by atoms with Crippen molar-refractivity contribution in [3.8, 4) is 5.75 Å². The maximum Gasteiger partial charge on any atom is 0.387 e. The van der Waals surface area contributed by atoms with Crippen molar-refractivity contribution in [1.82, 2.24) is 0 Å². The monoisotopic (exact) mass is 302 g/mol. The molecular weight excluding hydrogens is 286 g/mol. The van der Waals surface area contributed by atoms with Crippen LogP contribution in [0.5, 0.6) is 5.75 Å². The summed E-state index contributed by atoms with van der Waals surface area (Å²) in [5.41, 5.74) is 0.0278. The van der Waals surface area contributed by atoms with Gasteiger partial charge in [-0.25, -0.2) is 0 Å². The van der Waals surface area contributed by atoms with Crippen LogP contribution in [0.3, 0.4) is 0 Å². The molecule has 2 atom stereocenters. The summed E-state index contributed by atoms with van der Waals surface area (Å²) in [6, 6.07) is 3.70. The molecule has 0 saturated heterocycles. The smallest absolute Gasteiger partial charge is 0.387 e. The lowest BCUT2D eigenvalue weighted by Gasteiger charge is -2.17. The van der Waals surface area contributed by atoms with E-state index in [0.717, 1.165) is 25.3 Å². The van der Waals surface area contributed by atoms with Gasteiger partial charge in [0.15, 0.2) is 5.75 Å². The van der Waals surface area contributed by atoms with Crippen molar-refractivity contribution in [2.45, 2.75) is 38.0 Å². The first kappa shape index (κ1) is 15.4. The fraction of sp³-hybridized carbons (Fsp3) is 0.538. The van der Waals surface area contributed by atoms with Gasteiger partial charge in [0.2, 0.25) is 0 Å². The van der Waals surface area contributed by atoms with Crippen molar-refractivity contribution in [2.24, 2.45) is 0 Å². The van der Waals surface area contributed by atoms with Crippen LogP contribution in [-0.4, -0.2) is 30.8 Å². The molecule has 1 aromatic rings. The minimum atomic E-state index is -3.04. The third kappa shape index (κ3) is 4.01. The standard InChI is InChI=1S/C13H16F2N2O4/c1-20-10-4-2-8(6-10)16-11-5-3-9(17(18)19)7-12(11)21-13(14)15/h3,5,7-8,10,13,16H,2,4,6H2,1H3. The highest BCUT2D eigenvalue weighted by Gasteiger charge is 2.25. The van der Waals surface area contributed by atoms with Crippen LogP contribution in [0.2, 0.25) is 0 Å². The molecule has 1 saturated carbocycles. The van der Waals surface area contributed by atoms with Gasteiger partial charge < -0.3 is 14.8 Å². The van der Waals surface area contributed by atoms with Gasteiger partial charge in [0.1, 0.15) is 0 Å². The van der Waals surface area contributed by atoms with Crippen molar-refractivity contribution in [3.05, 3.63) is 28.3 Å². The summed E-state index contributed by atoms with van der Waals surface area (Å²) in [6.07, 6.45) is 2.61. The normalized spacial score (nSPS) is 21.5. The molecular formula is C13H16F2N2O4. The maximum absolute atomic E-state index is 12.4. The topological polar surface area (TPSA) is 73.6 Å². The van der Waals surface area contributed by atoms with E-state index in [1.54, 1.807) is 7.11 Å². The number of benzene rings is 1. The van der Waals surface area contributed by atoms with E-state index in [1.165, 1.54) is 12.1 Å². The zero-order valence-electron chi connectivity index (χ0n) is 11.4. The van der Waals surface area contributed by atoms with Gasteiger partial charge in [0.25, 0.3) is 5.69 Å². The lowest BCUT2D eigenvalue weighted by atomic mass is 10.2. The van der Waals surface area contributed by atoms with Crippen molar-refractivity contribution in [1.29, 1.82) is 0 Å². The highest BCUT2D eigenvalue weighted by Crippen LogP contribution is 2.33. The number of alkyl halides is 2. The number of anilines is 1. The maximum atomic E-state index is 12.4. The molecule has 116 valence electrons. The van der Waals surface area contributed by atoms with Gasteiger partial charge in [0.05, 0.1) is 22.8 Å². The number of nitrogens with one attached hydrogen (secondary N) is 1. The summed E-state index contributed by atoms with van der Waals surface area (Å²) in [7, 11) is 1.63. The summed E-state index contributed by atoms with van der Waals surface area (Å²) < 4.78 is 34.5. The number of rotatable bonds is 6. The van der Waals surface area contributed by atoms with Gasteiger partial charge in [-0.3, -0.25) is 10.1 Å². The fourth-order valence-electron chi connectivity index (χ4n) is 2.44. The predicted molar refractivity (Wildman–Crippen MR) is 71.8 cm³/mol. The van der Waals surface area contributed by atoms with Crippen molar-refractivity contribution in [3.63, 3.8) is 0 Å². The number of ether oxygens (including phenoxy) is 2. The van der Waals surface area contributed by atoms with Crippen LogP contribution in [-0.2, 0) is 4.74 Å². The Morgan fingerprint density at radius 3 is 2.76 bits per heavy atom. The summed E-state index contributed by atoms with van der Waals surface area (Å²) in [5, 5.41) is 13.8. The molecule has 6 nitrogen and oxygen atoms in total. The highest BCUT2D eigenvalue weighted by atomic mass is 19.3. The quantitative estimate of drug-likeness (QED) is 0.645. The van der Waals surface area contributed by atoms with Crippen molar-refractivity contribution in [2.75, 3.05) is 12.4 Å². The molecule has 0 radical (unpaired) electrons. The van der Waals surface area contributed by atoms with Crippen LogP contribution in [0.4, 0.5) is 20.2 Å². The molecule has 8 heteroatoms. The number of nitro benzene ring substituents is 1. The zero-order chi connectivity index (χ0) is 15.4. The fourth-order valence-corrected chi connectivity index (χ4v) is 2.44. The Balaban J connectivity index is 2.15. The average Bonchev–Trinajstić information content (AvgIpc) is 2.87. The van der Waals surface area contributed by atoms with Gasteiger partial charge in [0, 0.05) is 19.2 Å². The molecule has 1 aliphatic rings. The third-order valence-corrected chi connectivity index (χ3v) is 3.47. The molecule has 1 fully saturated rings. The Bertz CT molecular complexity index is 513. The lowest BCUT2D eigenvalue weighted by Crippen LogP contribution is -2.18. The van der Waals surface area contributed by atoms with Crippen LogP contribution < -0.4 is 10.1 Å². The van der Waals surface area contributed by atoms with Crippen molar-refractivity contribution < 1.29 is 23.2 Å². The Morgan fingerprint density at radius 1 is 1.43 bits per heavy atom. The summed E-state index contributed by atoms with van der Waals surface area (Å²) in [4.78, 5) is 10.0. The first-order valence-electron chi connectivity index (χ1n) is 6.52. The molecule has 1 aromatic carbocycles. The molecule has 21 heavy (non-hydrogen) atoms. The zero-order valence-corrected chi connectivity index (χ0v) is 11.4. The minimum Gasteiger partial charge on any atom is -0.432 e. The van der Waals surface area contributed by atoms with Crippen LogP contribution in [0, 0.1) is 10.1 Å². The third-order valence-electron chi connectivity index (χ3n) is 3.47. The van der Waals surface area contributed by atoms with Gasteiger partial charge in [-0.2, -0.15) is 8.78 Å². The van der Waals surface area contributed by atoms with E-state index >= 15 is 0 Å². The molecule has 0 bridgehead atoms. The summed E-state index contributed by atoms with van der Waals surface area (Å²) in [6.45, 7) is -3.04. The Hall–Kier alpha value is -1.96. The largest absolute Gasteiger partial charge is 0.432 e. The van der Waals surface area contributed by atoms with Gasteiger partial charge >= 0.3 is 6.61 Å². The Labute approximate surface area is 120 Å². The predicted octanol–water partition coefficient (Wildman–Crippen LogP) is 3.18. The molecule has 1 N–H and O–H groups in total. The molecule has 0 heterocycles. The number of nitrogens with zero attached hydrogens (tertiary/aromatic N) is 1. The van der Waals surface area contributed by atoms with Gasteiger partial charge in [-0.05, 0) is 25.3 Å². The molecule has 0 amide bonds. The Morgan fingerprint density at radius 2 is 2.19 bits per heavy atom. The SMILES string of the molecule is COC1CCC(Nc2ccc([N+](=O)[O-])cc2OC(F)F)C1. The Kier molecular flexibility index (Phi) is 4.89. The van der Waals surface area contributed by atoms with E-state index < -0.39 is 11.5 Å². The first-order chi connectivity index (χ1) is 9.99. The van der Waals surface area contributed by atoms with Crippen LogP contribution in [0.1, 0.15) is 19.3 Å². The number of non-ortho nitro benzene ring substituents is 1. The minimum absolute atomic E-state index is 0.0661. The number of hydrogen-bond acceptors (Lipinski definition) is 5. The van der Waals surface area contributed by atoms with Gasteiger partial charge in [-0.1, -0.05) is 0 Å². The number of halogens is 2. The molecule has 0 aliphatic heterocycles. The lowest BCUT2D eigenvalue weighted by molar-refractivity contribution is -0.385. The van der Waals surface area contributed by atoms with Crippen molar-refractivity contribution >= 4 is 11.4 Å². The summed E-state index contributed by atoms with van der Waals surface area (Å²) in [5.74, 6) is -0.222. The van der Waals surface area contributed by atoms with Gasteiger partial charge in [-0.15, -0.1) is 0 Å². The van der Waals surface area contributed by atoms with E-state index in [-0.39, 0.29) is 23.6 Å².